The van der Waals surface area contributed by atoms with Crippen molar-refractivity contribution >= 4 is 33.6 Å². The van der Waals surface area contributed by atoms with Crippen molar-refractivity contribution in [2.45, 2.75) is 46.0 Å². The van der Waals surface area contributed by atoms with E-state index in [1.165, 1.54) is 42.6 Å². The Hall–Kier alpha value is -0.150. The van der Waals surface area contributed by atoms with Gasteiger partial charge in [0.1, 0.15) is 0 Å². The van der Waals surface area contributed by atoms with Crippen LogP contribution in [0.4, 0.5) is 0 Å². The highest BCUT2D eigenvalue weighted by atomic mass is 79.9. The van der Waals surface area contributed by atoms with Crippen molar-refractivity contribution < 1.29 is 4.79 Å². The van der Waals surface area contributed by atoms with Crippen LogP contribution in [-0.4, -0.2) is 6.29 Å². The molecule has 0 fully saturated rings. The lowest BCUT2D eigenvalue weighted by atomic mass is 9.92. The second-order valence-corrected chi connectivity index (χ2v) is 6.64. The summed E-state index contributed by atoms with van der Waals surface area (Å²) >= 11 is 4.99. The summed E-state index contributed by atoms with van der Waals surface area (Å²) in [6.07, 6.45) is 7.05. The molecule has 1 aromatic rings. The van der Waals surface area contributed by atoms with Crippen molar-refractivity contribution in [1.82, 2.24) is 0 Å². The van der Waals surface area contributed by atoms with Crippen LogP contribution in [0.3, 0.4) is 0 Å². The van der Waals surface area contributed by atoms with Crippen LogP contribution >= 0.6 is 27.3 Å². The molecular weight excluding hydrogens is 284 g/mol. The Labute approximate surface area is 110 Å². The molecule has 3 heteroatoms. The van der Waals surface area contributed by atoms with Crippen molar-refractivity contribution in [2.75, 3.05) is 0 Å². The van der Waals surface area contributed by atoms with Gasteiger partial charge >= 0.3 is 0 Å². The van der Waals surface area contributed by atoms with E-state index in [2.05, 4.69) is 35.8 Å². The summed E-state index contributed by atoms with van der Waals surface area (Å²) in [5.74, 6) is 0.722. The van der Waals surface area contributed by atoms with Crippen LogP contribution in [-0.2, 0) is 6.42 Å². The number of hydrogen-bond acceptors (Lipinski definition) is 2. The number of rotatable bonds is 7. The zero-order chi connectivity index (χ0) is 12.0. The molecule has 0 saturated carbocycles. The van der Waals surface area contributed by atoms with Crippen molar-refractivity contribution in [3.8, 4) is 0 Å². The maximum atomic E-state index is 10.9. The monoisotopic (exact) mass is 302 g/mol. The van der Waals surface area contributed by atoms with Crippen molar-refractivity contribution in [1.29, 1.82) is 0 Å². The number of unbranched alkanes of at least 4 members (excludes halogenated alkanes) is 1. The molecule has 90 valence electrons. The summed E-state index contributed by atoms with van der Waals surface area (Å²) < 4.78 is 1.06. The van der Waals surface area contributed by atoms with E-state index < -0.39 is 0 Å². The van der Waals surface area contributed by atoms with Gasteiger partial charge in [0.2, 0.25) is 0 Å². The van der Waals surface area contributed by atoms with Crippen LogP contribution in [0.5, 0.6) is 0 Å². The highest BCUT2D eigenvalue weighted by molar-refractivity contribution is 9.11. The fourth-order valence-electron chi connectivity index (χ4n) is 1.92. The van der Waals surface area contributed by atoms with Gasteiger partial charge in [-0.2, -0.15) is 0 Å². The quantitative estimate of drug-likeness (QED) is 0.642. The third-order valence-electron chi connectivity index (χ3n) is 2.97. The molecule has 0 radical (unpaired) electrons. The van der Waals surface area contributed by atoms with Gasteiger partial charge in [0, 0.05) is 0 Å². The minimum atomic E-state index is 0.722. The maximum absolute atomic E-state index is 10.9. The summed E-state index contributed by atoms with van der Waals surface area (Å²) in [5, 5.41) is 0. The Kier molecular flexibility index (Phi) is 6.29. The van der Waals surface area contributed by atoms with E-state index in [0.29, 0.717) is 0 Å². The number of carbonyl (C=O) groups is 1. The smallest absolute Gasteiger partial charge is 0.160 e. The van der Waals surface area contributed by atoms with Gasteiger partial charge in [-0.15, -0.1) is 11.3 Å². The van der Waals surface area contributed by atoms with E-state index >= 15 is 0 Å². The number of carbonyl (C=O) groups excluding carboxylic acids is 1. The molecule has 0 aliphatic heterocycles. The molecule has 1 unspecified atom stereocenters. The van der Waals surface area contributed by atoms with Gasteiger partial charge in [0.05, 0.1) is 8.66 Å². The summed E-state index contributed by atoms with van der Waals surface area (Å²) in [6, 6.07) is 2.10. The van der Waals surface area contributed by atoms with Crippen molar-refractivity contribution in [3.05, 3.63) is 20.3 Å². The third-order valence-corrected chi connectivity index (χ3v) is 4.58. The molecule has 0 aromatic carbocycles. The maximum Gasteiger partial charge on any atom is 0.160 e. The van der Waals surface area contributed by atoms with E-state index in [-0.39, 0.29) is 0 Å². The highest BCUT2D eigenvalue weighted by Gasteiger charge is 2.12. The van der Waals surface area contributed by atoms with E-state index in [1.54, 1.807) is 0 Å². The first-order valence-corrected chi connectivity index (χ1v) is 7.55. The van der Waals surface area contributed by atoms with Gasteiger partial charge in [0.15, 0.2) is 6.29 Å². The van der Waals surface area contributed by atoms with E-state index in [0.717, 1.165) is 27.3 Å². The Morgan fingerprint density at radius 1 is 1.50 bits per heavy atom. The number of thiophene rings is 1. The summed E-state index contributed by atoms with van der Waals surface area (Å²) in [5.41, 5.74) is 1.22. The Bertz CT molecular complexity index is 333. The SMILES string of the molecule is CCCCC(CC)Cc1cc(Br)sc1C=O. The third kappa shape index (κ3) is 4.02. The lowest BCUT2D eigenvalue weighted by molar-refractivity contribution is 0.112. The van der Waals surface area contributed by atoms with Crippen LogP contribution in [0, 0.1) is 5.92 Å². The predicted molar refractivity (Wildman–Crippen MR) is 74.4 cm³/mol. The molecule has 0 amide bonds. The molecule has 1 atom stereocenters. The minimum absolute atomic E-state index is 0.722. The van der Waals surface area contributed by atoms with Crippen molar-refractivity contribution in [2.24, 2.45) is 5.92 Å². The first-order valence-electron chi connectivity index (χ1n) is 5.94. The lowest BCUT2D eigenvalue weighted by Gasteiger charge is -2.13. The standard InChI is InChI=1S/C13H19BrOS/c1-3-5-6-10(4-2)7-11-8-13(14)16-12(11)9-15/h8-10H,3-7H2,1-2H3. The van der Waals surface area contributed by atoms with Crippen LogP contribution in [0.25, 0.3) is 0 Å². The fraction of sp³-hybridized carbons (Fsp3) is 0.615. The fourth-order valence-corrected chi connectivity index (χ4v) is 3.45. The molecule has 0 saturated heterocycles. The molecule has 0 aliphatic rings. The molecule has 0 spiro atoms. The van der Waals surface area contributed by atoms with Gasteiger partial charge in [-0.05, 0) is 39.9 Å². The zero-order valence-electron chi connectivity index (χ0n) is 9.96. The molecule has 16 heavy (non-hydrogen) atoms. The van der Waals surface area contributed by atoms with Crippen LogP contribution in [0.2, 0.25) is 0 Å². The van der Waals surface area contributed by atoms with Gasteiger partial charge in [-0.1, -0.05) is 39.5 Å². The summed E-state index contributed by atoms with van der Waals surface area (Å²) in [7, 11) is 0. The molecule has 1 nitrogen and oxygen atoms in total. The molecule has 0 aliphatic carbocycles. The minimum Gasteiger partial charge on any atom is -0.297 e. The normalized spacial score (nSPS) is 12.7. The van der Waals surface area contributed by atoms with Crippen LogP contribution in [0.15, 0.2) is 9.85 Å². The topological polar surface area (TPSA) is 17.1 Å². The van der Waals surface area contributed by atoms with E-state index in [1.807, 2.05) is 0 Å². The second-order valence-electron chi connectivity index (χ2n) is 4.18. The molecule has 1 rings (SSSR count). The highest BCUT2D eigenvalue weighted by Crippen LogP contribution is 2.29. The van der Waals surface area contributed by atoms with E-state index in [4.69, 9.17) is 0 Å². The average molecular weight is 303 g/mol. The van der Waals surface area contributed by atoms with Crippen LogP contribution in [0.1, 0.15) is 54.8 Å². The zero-order valence-corrected chi connectivity index (χ0v) is 12.4. The summed E-state index contributed by atoms with van der Waals surface area (Å²) in [4.78, 5) is 11.8. The lowest BCUT2D eigenvalue weighted by Crippen LogP contribution is -2.04. The predicted octanol–water partition coefficient (Wildman–Crippen LogP) is 5.08. The van der Waals surface area contributed by atoms with E-state index in [9.17, 15) is 4.79 Å². The first kappa shape index (κ1) is 13.9. The Morgan fingerprint density at radius 2 is 2.25 bits per heavy atom. The molecular formula is C13H19BrOS. The molecule has 0 bridgehead atoms. The summed E-state index contributed by atoms with van der Waals surface area (Å²) in [6.45, 7) is 4.47. The Morgan fingerprint density at radius 3 is 2.81 bits per heavy atom. The average Bonchev–Trinajstić information content (AvgIpc) is 2.64. The van der Waals surface area contributed by atoms with Crippen molar-refractivity contribution in [3.63, 3.8) is 0 Å². The Balaban J connectivity index is 2.65. The molecule has 1 heterocycles. The van der Waals surface area contributed by atoms with Gasteiger partial charge in [0.25, 0.3) is 0 Å². The van der Waals surface area contributed by atoms with Gasteiger partial charge in [-0.25, -0.2) is 0 Å². The second kappa shape index (κ2) is 7.23. The van der Waals surface area contributed by atoms with Gasteiger partial charge in [-0.3, -0.25) is 4.79 Å². The van der Waals surface area contributed by atoms with Gasteiger partial charge < -0.3 is 0 Å². The first-order chi connectivity index (χ1) is 7.71. The largest absolute Gasteiger partial charge is 0.297 e. The molecule has 1 aromatic heterocycles. The number of hydrogen-bond donors (Lipinski definition) is 0. The molecule has 0 N–H and O–H groups in total. The number of halogens is 1. The number of aldehydes is 1. The van der Waals surface area contributed by atoms with Crippen LogP contribution < -0.4 is 0 Å².